The predicted molar refractivity (Wildman–Crippen MR) is 158 cm³/mol. The number of aryl methyl sites for hydroxylation is 1. The summed E-state index contributed by atoms with van der Waals surface area (Å²) in [6.45, 7) is 3.61. The molecule has 0 aliphatic carbocycles. The highest BCUT2D eigenvalue weighted by Gasteiger charge is 2.31. The summed E-state index contributed by atoms with van der Waals surface area (Å²) in [5, 5.41) is 5.88. The Kier molecular flexibility index (Phi) is 9.20. The van der Waals surface area contributed by atoms with E-state index in [-0.39, 0.29) is 17.3 Å². The molecule has 10 nitrogen and oxygen atoms in total. The first kappa shape index (κ1) is 29.8. The third-order valence-electron chi connectivity index (χ3n) is 6.01. The zero-order chi connectivity index (χ0) is 30.3. The van der Waals surface area contributed by atoms with E-state index in [1.165, 1.54) is 12.3 Å². The number of hydrazine groups is 1. The van der Waals surface area contributed by atoms with Gasteiger partial charge in [-0.3, -0.25) is 20.6 Å². The molecule has 3 aromatic rings. The molecule has 0 radical (unpaired) electrons. The first-order valence-corrected chi connectivity index (χ1v) is 12.9. The van der Waals surface area contributed by atoms with Crippen LogP contribution in [0.4, 0.5) is 36.2 Å². The molecule has 0 atom stereocenters. The molecular weight excluding hydrogens is 547 g/mol. The van der Waals surface area contributed by atoms with Crippen LogP contribution in [0.15, 0.2) is 77.8 Å². The number of nitrogens with zero attached hydrogens (tertiary/aromatic N) is 5. The van der Waals surface area contributed by atoms with Crippen LogP contribution in [0.25, 0.3) is 5.57 Å². The van der Waals surface area contributed by atoms with E-state index in [2.05, 4.69) is 41.4 Å². The largest absolute Gasteiger partial charge is 0.416 e. The fourth-order valence-electron chi connectivity index (χ4n) is 3.84. The van der Waals surface area contributed by atoms with E-state index >= 15 is 0 Å². The first-order chi connectivity index (χ1) is 20.0. The molecule has 1 aromatic carbocycles. The maximum Gasteiger partial charge on any atom is 0.416 e. The van der Waals surface area contributed by atoms with E-state index in [4.69, 9.17) is 0 Å². The van der Waals surface area contributed by atoms with Gasteiger partial charge in [-0.25, -0.2) is 15.0 Å². The van der Waals surface area contributed by atoms with Gasteiger partial charge < -0.3 is 15.5 Å². The number of pyridine rings is 1. The lowest BCUT2D eigenvalue weighted by Gasteiger charge is -2.20. The molecule has 0 saturated heterocycles. The molecule has 0 bridgehead atoms. The van der Waals surface area contributed by atoms with Crippen molar-refractivity contribution in [1.29, 1.82) is 0 Å². The van der Waals surface area contributed by atoms with E-state index in [1.54, 1.807) is 63.6 Å². The lowest BCUT2D eigenvalue weighted by atomic mass is 10.1. The van der Waals surface area contributed by atoms with Gasteiger partial charge in [0.2, 0.25) is 5.95 Å². The van der Waals surface area contributed by atoms with Crippen molar-refractivity contribution in [2.75, 3.05) is 29.7 Å². The van der Waals surface area contributed by atoms with Crippen LogP contribution in [0, 0.1) is 6.92 Å². The Hall–Kier alpha value is -5.20. The van der Waals surface area contributed by atoms with E-state index in [9.17, 15) is 18.0 Å². The Balaban J connectivity index is 1.45. The number of hydrogen-bond donors (Lipinski definition) is 4. The summed E-state index contributed by atoms with van der Waals surface area (Å²) < 4.78 is 40.8. The Morgan fingerprint density at radius 3 is 2.62 bits per heavy atom. The van der Waals surface area contributed by atoms with Gasteiger partial charge >= 0.3 is 6.18 Å². The molecule has 1 amide bonds. The monoisotopic (exact) mass is 577 g/mol. The lowest BCUT2D eigenvalue weighted by molar-refractivity contribution is -0.137. The number of aromatic nitrogens is 3. The van der Waals surface area contributed by atoms with Crippen molar-refractivity contribution in [3.8, 4) is 0 Å². The number of benzene rings is 1. The van der Waals surface area contributed by atoms with Crippen LogP contribution in [0.5, 0.6) is 0 Å². The number of aliphatic imine (C=N–C) groups is 1. The second kappa shape index (κ2) is 13.0. The molecule has 1 aliphatic rings. The molecule has 2 aromatic heterocycles. The molecule has 13 heteroatoms. The van der Waals surface area contributed by atoms with Crippen LogP contribution < -0.4 is 26.4 Å². The molecule has 42 heavy (non-hydrogen) atoms. The van der Waals surface area contributed by atoms with E-state index in [1.807, 2.05) is 18.2 Å². The Morgan fingerprint density at radius 1 is 1.10 bits per heavy atom. The molecule has 3 heterocycles. The van der Waals surface area contributed by atoms with E-state index in [0.29, 0.717) is 22.8 Å². The first-order valence-electron chi connectivity index (χ1n) is 12.9. The summed E-state index contributed by atoms with van der Waals surface area (Å²) in [4.78, 5) is 31.4. The van der Waals surface area contributed by atoms with Crippen molar-refractivity contribution in [1.82, 2.24) is 25.7 Å². The molecule has 0 saturated carbocycles. The van der Waals surface area contributed by atoms with Crippen LogP contribution in [-0.4, -0.2) is 41.2 Å². The summed E-state index contributed by atoms with van der Waals surface area (Å²) in [6, 6.07) is 8.47. The van der Waals surface area contributed by atoms with Crippen LogP contribution in [0.3, 0.4) is 0 Å². The predicted octanol–water partition coefficient (Wildman–Crippen LogP) is 5.59. The molecular formula is C29H30F3N9O. The van der Waals surface area contributed by atoms with Gasteiger partial charge in [0.05, 0.1) is 23.1 Å². The number of carbonyl (C=O) groups excluding carboxylic acids is 1. The van der Waals surface area contributed by atoms with Crippen LogP contribution in [-0.2, 0) is 6.18 Å². The zero-order valence-corrected chi connectivity index (χ0v) is 23.4. The van der Waals surface area contributed by atoms with Crippen molar-refractivity contribution < 1.29 is 18.0 Å². The second-order valence-electron chi connectivity index (χ2n) is 9.35. The molecule has 4 N–H and O–H groups in total. The summed E-state index contributed by atoms with van der Waals surface area (Å²) >= 11 is 0. The smallest absolute Gasteiger partial charge is 0.390 e. The average Bonchev–Trinajstić information content (AvgIpc) is 3.25. The summed E-state index contributed by atoms with van der Waals surface area (Å²) in [5.41, 5.74) is 8.32. The van der Waals surface area contributed by atoms with Gasteiger partial charge in [0.25, 0.3) is 5.91 Å². The highest BCUT2D eigenvalue weighted by Crippen LogP contribution is 2.35. The normalized spacial score (nSPS) is 13.2. The molecule has 0 unspecified atom stereocenters. The molecule has 4 rings (SSSR count). The number of halogens is 3. The van der Waals surface area contributed by atoms with E-state index < -0.39 is 17.6 Å². The Bertz CT molecular complexity index is 1560. The maximum atomic E-state index is 13.6. The van der Waals surface area contributed by atoms with Gasteiger partial charge in [-0.1, -0.05) is 12.2 Å². The van der Waals surface area contributed by atoms with Crippen LogP contribution in [0.1, 0.15) is 40.8 Å². The number of anilines is 4. The molecule has 218 valence electrons. The highest BCUT2D eigenvalue weighted by molar-refractivity contribution is 5.93. The van der Waals surface area contributed by atoms with Crippen molar-refractivity contribution >= 4 is 40.7 Å². The number of amides is 1. The van der Waals surface area contributed by atoms with Crippen molar-refractivity contribution in [3.63, 3.8) is 0 Å². The zero-order valence-electron chi connectivity index (χ0n) is 23.4. The van der Waals surface area contributed by atoms with Crippen LogP contribution in [0.2, 0.25) is 0 Å². The number of carbonyl (C=O) groups is 1. The van der Waals surface area contributed by atoms with Crippen LogP contribution >= 0.6 is 0 Å². The molecule has 0 fully saturated rings. The number of allylic oxidation sites excluding steroid dienone is 4. The quantitative estimate of drug-likeness (QED) is 0.243. The topological polar surface area (TPSA) is 119 Å². The van der Waals surface area contributed by atoms with Gasteiger partial charge in [0.15, 0.2) is 0 Å². The number of rotatable bonds is 9. The van der Waals surface area contributed by atoms with Gasteiger partial charge in [0, 0.05) is 67.5 Å². The fraction of sp³-hybridized carbons (Fsp3) is 0.207. The van der Waals surface area contributed by atoms with Gasteiger partial charge in [-0.05, 0) is 50.2 Å². The number of nitrogens with one attached hydrogen (secondary N) is 4. The minimum atomic E-state index is -4.54. The van der Waals surface area contributed by atoms with Gasteiger partial charge in [-0.2, -0.15) is 13.2 Å². The fourth-order valence-corrected chi connectivity index (χ4v) is 3.84. The standard InChI is InChI=1S/C29H30F3N9O/c1-18-11-26(20-7-5-6-10-34-15-20)38-28(36-18)40-39-27(42)25-9-8-22(16-35-25)37-23-12-21(29(30,31)32)13-24(14-23)41(4)17-19(2)33-3/h5,7-17,33,37H,6H2,1-4H3,(H,39,42)(H,36,38,40)/b19-17-. The Morgan fingerprint density at radius 2 is 1.90 bits per heavy atom. The molecule has 0 spiro atoms. The average molecular weight is 578 g/mol. The highest BCUT2D eigenvalue weighted by atomic mass is 19.4. The second-order valence-corrected chi connectivity index (χ2v) is 9.35. The van der Waals surface area contributed by atoms with Gasteiger partial charge in [-0.15, -0.1) is 0 Å². The summed E-state index contributed by atoms with van der Waals surface area (Å²) in [5.74, 6) is -0.370. The maximum absolute atomic E-state index is 13.6. The van der Waals surface area contributed by atoms with Crippen molar-refractivity contribution in [2.45, 2.75) is 26.4 Å². The minimum Gasteiger partial charge on any atom is -0.390 e. The summed E-state index contributed by atoms with van der Waals surface area (Å²) in [7, 11) is 3.38. The minimum absolute atomic E-state index is 0.0711. The Labute approximate surface area is 241 Å². The molecule has 1 aliphatic heterocycles. The number of alkyl halides is 3. The third kappa shape index (κ3) is 7.93. The SMILES string of the molecule is CN/C(C)=C\N(C)c1cc(Nc2ccc(C(=O)NNc3nc(C)cc(C4=CN=CCC=C4)n3)nc2)cc(C(F)(F)F)c1. The van der Waals surface area contributed by atoms with Crippen molar-refractivity contribution in [2.24, 2.45) is 4.99 Å². The number of hydrogen-bond acceptors (Lipinski definition) is 9. The third-order valence-corrected chi connectivity index (χ3v) is 6.01. The van der Waals surface area contributed by atoms with E-state index in [0.717, 1.165) is 29.8 Å². The van der Waals surface area contributed by atoms with Gasteiger partial charge in [0.1, 0.15) is 5.69 Å². The summed E-state index contributed by atoms with van der Waals surface area (Å²) in [6.07, 6.45) is 6.59. The lowest BCUT2D eigenvalue weighted by Crippen LogP contribution is -2.31. The van der Waals surface area contributed by atoms with Crippen molar-refractivity contribution in [3.05, 3.63) is 95.5 Å².